The van der Waals surface area contributed by atoms with Crippen molar-refractivity contribution in [2.24, 2.45) is 0 Å². The van der Waals surface area contributed by atoms with Gasteiger partial charge in [-0.05, 0) is 38.0 Å². The van der Waals surface area contributed by atoms with E-state index in [-0.39, 0.29) is 17.9 Å². The minimum absolute atomic E-state index is 0.0521. The van der Waals surface area contributed by atoms with E-state index in [9.17, 15) is 9.59 Å². The molecular formula is C17H25N3O3. The summed E-state index contributed by atoms with van der Waals surface area (Å²) in [6.07, 6.45) is 2.30. The van der Waals surface area contributed by atoms with Crippen LogP contribution < -0.4 is 15.5 Å². The van der Waals surface area contributed by atoms with Gasteiger partial charge in [-0.15, -0.1) is 0 Å². The fourth-order valence-electron chi connectivity index (χ4n) is 2.58. The zero-order valence-corrected chi connectivity index (χ0v) is 13.8. The van der Waals surface area contributed by atoms with Crippen LogP contribution in [0.25, 0.3) is 0 Å². The highest BCUT2D eigenvalue weighted by molar-refractivity contribution is 5.95. The molecule has 0 bridgehead atoms. The Kier molecular flexibility index (Phi) is 6.40. The van der Waals surface area contributed by atoms with Gasteiger partial charge < -0.3 is 20.3 Å². The number of methoxy groups -OCH3 is 1. The topological polar surface area (TPSA) is 70.7 Å². The van der Waals surface area contributed by atoms with Crippen molar-refractivity contribution in [2.45, 2.75) is 32.2 Å². The lowest BCUT2D eigenvalue weighted by Gasteiger charge is -2.19. The predicted octanol–water partition coefficient (Wildman–Crippen LogP) is 1.77. The van der Waals surface area contributed by atoms with Crippen molar-refractivity contribution < 1.29 is 14.3 Å². The number of carbonyl (C=O) groups excluding carboxylic acids is 2. The standard InChI is InChI=1S/C17H25N3O3/c1-13(17(22)18-9-5-11-23-2)19-14-6-3-7-15(12-14)20-10-4-8-16(20)21/h3,6-7,12-13,19H,4-5,8-11H2,1-2H3,(H,18,22). The van der Waals surface area contributed by atoms with Crippen molar-refractivity contribution in [1.29, 1.82) is 0 Å². The molecule has 1 saturated heterocycles. The van der Waals surface area contributed by atoms with Crippen molar-refractivity contribution in [1.82, 2.24) is 5.32 Å². The van der Waals surface area contributed by atoms with E-state index >= 15 is 0 Å². The maximum absolute atomic E-state index is 12.0. The van der Waals surface area contributed by atoms with Gasteiger partial charge in [0, 0.05) is 44.6 Å². The van der Waals surface area contributed by atoms with Gasteiger partial charge in [0.25, 0.3) is 0 Å². The number of carbonyl (C=O) groups is 2. The number of rotatable bonds is 8. The Morgan fingerprint density at radius 2 is 2.26 bits per heavy atom. The highest BCUT2D eigenvalue weighted by atomic mass is 16.5. The van der Waals surface area contributed by atoms with Gasteiger partial charge in [-0.2, -0.15) is 0 Å². The average Bonchev–Trinajstić information content (AvgIpc) is 2.97. The fraction of sp³-hybridized carbons (Fsp3) is 0.529. The molecule has 1 atom stereocenters. The van der Waals surface area contributed by atoms with E-state index in [4.69, 9.17) is 4.74 Å². The lowest BCUT2D eigenvalue weighted by molar-refractivity contribution is -0.121. The van der Waals surface area contributed by atoms with Crippen LogP contribution >= 0.6 is 0 Å². The Labute approximate surface area is 137 Å². The predicted molar refractivity (Wildman–Crippen MR) is 90.6 cm³/mol. The molecule has 6 nitrogen and oxygen atoms in total. The Morgan fingerprint density at radius 3 is 2.96 bits per heavy atom. The van der Waals surface area contributed by atoms with Crippen LogP contribution in [0, 0.1) is 0 Å². The van der Waals surface area contributed by atoms with E-state index < -0.39 is 0 Å². The normalized spacial score (nSPS) is 15.6. The summed E-state index contributed by atoms with van der Waals surface area (Å²) < 4.78 is 4.95. The molecule has 1 aliphatic rings. The summed E-state index contributed by atoms with van der Waals surface area (Å²) in [5.74, 6) is 0.106. The first-order valence-electron chi connectivity index (χ1n) is 8.05. The molecule has 23 heavy (non-hydrogen) atoms. The van der Waals surface area contributed by atoms with E-state index in [1.54, 1.807) is 12.0 Å². The molecule has 2 rings (SSSR count). The van der Waals surface area contributed by atoms with Crippen molar-refractivity contribution in [3.05, 3.63) is 24.3 Å². The van der Waals surface area contributed by atoms with Crippen LogP contribution in [0.15, 0.2) is 24.3 Å². The minimum atomic E-state index is -0.345. The SMILES string of the molecule is COCCCNC(=O)C(C)Nc1cccc(N2CCCC2=O)c1. The van der Waals surface area contributed by atoms with Crippen LogP contribution in [0.4, 0.5) is 11.4 Å². The third-order valence-electron chi connectivity index (χ3n) is 3.83. The number of nitrogens with zero attached hydrogens (tertiary/aromatic N) is 1. The molecule has 1 unspecified atom stereocenters. The third kappa shape index (κ3) is 4.96. The van der Waals surface area contributed by atoms with Gasteiger partial charge in [0.15, 0.2) is 0 Å². The Balaban J connectivity index is 1.89. The molecule has 126 valence electrons. The number of anilines is 2. The summed E-state index contributed by atoms with van der Waals surface area (Å²) >= 11 is 0. The molecule has 2 N–H and O–H groups in total. The Morgan fingerprint density at radius 1 is 1.43 bits per heavy atom. The fourth-order valence-corrected chi connectivity index (χ4v) is 2.58. The summed E-state index contributed by atoms with van der Waals surface area (Å²) in [7, 11) is 1.64. The largest absolute Gasteiger partial charge is 0.385 e. The molecule has 6 heteroatoms. The van der Waals surface area contributed by atoms with Gasteiger partial charge in [0.1, 0.15) is 6.04 Å². The van der Waals surface area contributed by atoms with E-state index in [1.807, 2.05) is 31.2 Å². The number of benzene rings is 1. The smallest absolute Gasteiger partial charge is 0.242 e. The van der Waals surface area contributed by atoms with Crippen LogP contribution in [0.5, 0.6) is 0 Å². The molecule has 1 aromatic carbocycles. The molecule has 0 aliphatic carbocycles. The minimum Gasteiger partial charge on any atom is -0.385 e. The summed E-state index contributed by atoms with van der Waals surface area (Å²) in [5, 5.41) is 6.05. The molecule has 1 fully saturated rings. The Hall–Kier alpha value is -2.08. The number of nitrogens with one attached hydrogen (secondary N) is 2. The van der Waals surface area contributed by atoms with Crippen LogP contribution in [0.2, 0.25) is 0 Å². The van der Waals surface area contributed by atoms with E-state index in [2.05, 4.69) is 10.6 Å². The molecule has 1 heterocycles. The van der Waals surface area contributed by atoms with Gasteiger partial charge in [0.05, 0.1) is 0 Å². The van der Waals surface area contributed by atoms with E-state index in [0.29, 0.717) is 19.6 Å². The monoisotopic (exact) mass is 319 g/mol. The second-order valence-electron chi connectivity index (χ2n) is 5.70. The first kappa shape index (κ1) is 17.3. The highest BCUT2D eigenvalue weighted by Gasteiger charge is 2.22. The lowest BCUT2D eigenvalue weighted by atomic mass is 10.2. The lowest BCUT2D eigenvalue weighted by Crippen LogP contribution is -2.38. The van der Waals surface area contributed by atoms with E-state index in [1.165, 1.54) is 0 Å². The zero-order valence-electron chi connectivity index (χ0n) is 13.8. The molecular weight excluding hydrogens is 294 g/mol. The van der Waals surface area contributed by atoms with Gasteiger partial charge in [-0.1, -0.05) is 6.07 Å². The second-order valence-corrected chi connectivity index (χ2v) is 5.70. The van der Waals surface area contributed by atoms with Crippen molar-refractivity contribution in [3.8, 4) is 0 Å². The molecule has 1 aliphatic heterocycles. The summed E-state index contributed by atoms with van der Waals surface area (Å²) in [4.78, 5) is 25.6. The summed E-state index contributed by atoms with van der Waals surface area (Å²) in [5.41, 5.74) is 1.71. The van der Waals surface area contributed by atoms with E-state index in [0.717, 1.165) is 30.8 Å². The maximum Gasteiger partial charge on any atom is 0.242 e. The zero-order chi connectivity index (χ0) is 16.7. The Bertz CT molecular complexity index is 548. The first-order valence-corrected chi connectivity index (χ1v) is 8.05. The molecule has 0 spiro atoms. The maximum atomic E-state index is 12.0. The quantitative estimate of drug-likeness (QED) is 0.716. The van der Waals surface area contributed by atoms with Crippen molar-refractivity contribution in [2.75, 3.05) is 37.0 Å². The van der Waals surface area contributed by atoms with Crippen LogP contribution in [-0.4, -0.2) is 44.7 Å². The number of hydrogen-bond donors (Lipinski definition) is 2. The van der Waals surface area contributed by atoms with Crippen molar-refractivity contribution >= 4 is 23.2 Å². The number of amides is 2. The van der Waals surface area contributed by atoms with Crippen LogP contribution in [-0.2, 0) is 14.3 Å². The van der Waals surface area contributed by atoms with Crippen molar-refractivity contribution in [3.63, 3.8) is 0 Å². The van der Waals surface area contributed by atoms with Crippen LogP contribution in [0.1, 0.15) is 26.2 Å². The van der Waals surface area contributed by atoms with Gasteiger partial charge >= 0.3 is 0 Å². The summed E-state index contributed by atoms with van der Waals surface area (Å²) in [6, 6.07) is 7.29. The molecule has 0 aromatic heterocycles. The first-order chi connectivity index (χ1) is 11.1. The third-order valence-corrected chi connectivity index (χ3v) is 3.83. The molecule has 0 saturated carbocycles. The average molecular weight is 319 g/mol. The second kappa shape index (κ2) is 8.53. The highest BCUT2D eigenvalue weighted by Crippen LogP contribution is 2.24. The van der Waals surface area contributed by atoms with Crippen LogP contribution in [0.3, 0.4) is 0 Å². The summed E-state index contributed by atoms with van der Waals surface area (Å²) in [6.45, 7) is 3.81. The molecule has 1 aromatic rings. The molecule has 0 radical (unpaired) electrons. The van der Waals surface area contributed by atoms with Gasteiger partial charge in [0.2, 0.25) is 11.8 Å². The number of hydrogen-bond acceptors (Lipinski definition) is 4. The van der Waals surface area contributed by atoms with Gasteiger partial charge in [-0.3, -0.25) is 9.59 Å². The molecule has 2 amide bonds. The number of ether oxygens (including phenoxy) is 1. The van der Waals surface area contributed by atoms with Gasteiger partial charge in [-0.25, -0.2) is 0 Å².